The highest BCUT2D eigenvalue weighted by molar-refractivity contribution is 7.07. The zero-order valence-corrected chi connectivity index (χ0v) is 14.9. The van der Waals surface area contributed by atoms with Crippen molar-refractivity contribution >= 4 is 17.2 Å². The summed E-state index contributed by atoms with van der Waals surface area (Å²) in [6, 6.07) is 8.89. The highest BCUT2D eigenvalue weighted by atomic mass is 32.1. The first-order valence-electron chi connectivity index (χ1n) is 7.83. The Balaban J connectivity index is 1.98. The van der Waals surface area contributed by atoms with E-state index >= 15 is 0 Å². The van der Waals surface area contributed by atoms with Gasteiger partial charge in [0.15, 0.2) is 6.61 Å². The van der Waals surface area contributed by atoms with E-state index in [0.717, 1.165) is 10.5 Å². The van der Waals surface area contributed by atoms with E-state index in [-0.39, 0.29) is 6.54 Å². The molecule has 0 saturated heterocycles. The predicted molar refractivity (Wildman–Crippen MR) is 91.8 cm³/mol. The van der Waals surface area contributed by atoms with Gasteiger partial charge in [0.05, 0.1) is 0 Å². The molecule has 7 heteroatoms. The van der Waals surface area contributed by atoms with E-state index in [1.54, 1.807) is 29.0 Å². The Kier molecular flexibility index (Phi) is 6.47. The van der Waals surface area contributed by atoms with Crippen LogP contribution in [0.2, 0.25) is 0 Å². The molecule has 0 spiro atoms. The first-order chi connectivity index (χ1) is 11.7. The average molecular weight is 371 g/mol. The van der Waals surface area contributed by atoms with Crippen LogP contribution in [0.4, 0.5) is 13.2 Å². The summed E-state index contributed by atoms with van der Waals surface area (Å²) >= 11 is 1.37. The van der Waals surface area contributed by atoms with Crippen LogP contribution in [0.15, 0.2) is 41.1 Å². The fourth-order valence-electron chi connectivity index (χ4n) is 2.24. The summed E-state index contributed by atoms with van der Waals surface area (Å²) in [5.74, 6) is 0.125. The Hall–Kier alpha value is -2.02. The van der Waals surface area contributed by atoms with Crippen molar-refractivity contribution in [3.05, 3.63) is 52.2 Å². The fraction of sp³-hybridized carbons (Fsp3) is 0.389. The number of halogens is 3. The van der Waals surface area contributed by atoms with Crippen molar-refractivity contribution in [2.24, 2.45) is 0 Å². The fourth-order valence-corrected chi connectivity index (χ4v) is 2.90. The van der Waals surface area contributed by atoms with Crippen LogP contribution in [-0.4, -0.2) is 30.1 Å². The lowest BCUT2D eigenvalue weighted by Gasteiger charge is -2.23. The molecular weight excluding hydrogens is 351 g/mol. The molecule has 25 heavy (non-hydrogen) atoms. The molecule has 0 aliphatic heterocycles. The predicted octanol–water partition coefficient (Wildman–Crippen LogP) is 4.84. The van der Waals surface area contributed by atoms with Gasteiger partial charge >= 0.3 is 6.18 Å². The van der Waals surface area contributed by atoms with Crippen LogP contribution < -0.4 is 4.74 Å². The van der Waals surface area contributed by atoms with Crippen molar-refractivity contribution in [1.82, 2.24) is 4.90 Å². The molecule has 1 heterocycles. The van der Waals surface area contributed by atoms with Crippen LogP contribution in [-0.2, 0) is 11.3 Å². The normalized spacial score (nSPS) is 11.6. The van der Waals surface area contributed by atoms with E-state index < -0.39 is 25.2 Å². The molecule has 2 rings (SSSR count). The molecule has 0 aliphatic carbocycles. The molecule has 0 aliphatic rings. The van der Waals surface area contributed by atoms with E-state index in [2.05, 4.69) is 13.8 Å². The Labute approximate surface area is 149 Å². The van der Waals surface area contributed by atoms with Gasteiger partial charge in [0.2, 0.25) is 0 Å². The third kappa shape index (κ3) is 6.42. The second-order valence-electron chi connectivity index (χ2n) is 6.01. The van der Waals surface area contributed by atoms with Crippen molar-refractivity contribution < 1.29 is 22.7 Å². The van der Waals surface area contributed by atoms with Crippen LogP contribution in [0, 0.1) is 0 Å². The molecule has 1 amide bonds. The van der Waals surface area contributed by atoms with Crippen molar-refractivity contribution in [1.29, 1.82) is 0 Å². The van der Waals surface area contributed by atoms with E-state index in [0.29, 0.717) is 17.2 Å². The molecule has 0 fully saturated rings. The van der Waals surface area contributed by atoms with Gasteiger partial charge in [-0.15, -0.1) is 0 Å². The lowest BCUT2D eigenvalue weighted by molar-refractivity contribution is -0.163. The number of hydrogen-bond acceptors (Lipinski definition) is 3. The maximum atomic E-state index is 12.7. The Morgan fingerprint density at radius 1 is 1.20 bits per heavy atom. The summed E-state index contributed by atoms with van der Waals surface area (Å²) in [7, 11) is 0. The van der Waals surface area contributed by atoms with Crippen molar-refractivity contribution in [3.63, 3.8) is 0 Å². The van der Waals surface area contributed by atoms with E-state index in [4.69, 9.17) is 4.74 Å². The first-order valence-corrected chi connectivity index (χ1v) is 8.77. The number of thiophene rings is 1. The maximum Gasteiger partial charge on any atom is 0.406 e. The molecule has 3 nitrogen and oxygen atoms in total. The van der Waals surface area contributed by atoms with Gasteiger partial charge in [-0.1, -0.05) is 26.0 Å². The van der Waals surface area contributed by atoms with Gasteiger partial charge in [-0.3, -0.25) is 4.79 Å². The quantitative estimate of drug-likeness (QED) is 0.697. The number of hydrogen-bond donors (Lipinski definition) is 0. The number of benzene rings is 1. The highest BCUT2D eigenvalue weighted by Crippen LogP contribution is 2.21. The minimum Gasteiger partial charge on any atom is -0.484 e. The van der Waals surface area contributed by atoms with Crippen LogP contribution in [0.1, 0.15) is 30.9 Å². The molecule has 1 aromatic heterocycles. The van der Waals surface area contributed by atoms with Crippen LogP contribution >= 0.6 is 11.3 Å². The molecule has 0 unspecified atom stereocenters. The van der Waals surface area contributed by atoms with Crippen LogP contribution in [0.5, 0.6) is 5.75 Å². The van der Waals surface area contributed by atoms with E-state index in [1.807, 2.05) is 12.1 Å². The topological polar surface area (TPSA) is 29.5 Å². The van der Waals surface area contributed by atoms with Crippen molar-refractivity contribution in [2.75, 3.05) is 13.2 Å². The monoisotopic (exact) mass is 371 g/mol. The van der Waals surface area contributed by atoms with E-state index in [1.165, 1.54) is 11.3 Å². The van der Waals surface area contributed by atoms with Gasteiger partial charge in [-0.25, -0.2) is 0 Å². The lowest BCUT2D eigenvalue weighted by atomic mass is 10.0. The molecule has 136 valence electrons. The number of carbonyl (C=O) groups excluding carboxylic acids is 1. The molecule has 0 atom stereocenters. The third-order valence-corrected chi connectivity index (χ3v) is 4.32. The zero-order chi connectivity index (χ0) is 18.4. The van der Waals surface area contributed by atoms with Crippen LogP contribution in [0.25, 0.3) is 0 Å². The minimum atomic E-state index is -4.45. The average Bonchev–Trinajstić information content (AvgIpc) is 3.04. The van der Waals surface area contributed by atoms with E-state index in [9.17, 15) is 18.0 Å². The first kappa shape index (κ1) is 19.3. The molecule has 0 radical (unpaired) electrons. The summed E-state index contributed by atoms with van der Waals surface area (Å²) in [4.78, 5) is 13.0. The Morgan fingerprint density at radius 3 is 2.40 bits per heavy atom. The van der Waals surface area contributed by atoms with Crippen molar-refractivity contribution in [2.45, 2.75) is 32.5 Å². The number of amides is 1. The zero-order valence-electron chi connectivity index (χ0n) is 14.0. The SMILES string of the molecule is CC(C)c1ccc(OCC(=O)N(Cc2ccsc2)CC(F)(F)F)cc1. The smallest absolute Gasteiger partial charge is 0.406 e. The van der Waals surface area contributed by atoms with Gasteiger partial charge in [0.25, 0.3) is 5.91 Å². The number of alkyl halides is 3. The number of nitrogens with zero attached hydrogens (tertiary/aromatic N) is 1. The molecule has 2 aromatic rings. The second kappa shape index (κ2) is 8.38. The van der Waals surface area contributed by atoms with Gasteiger partial charge in [0, 0.05) is 6.54 Å². The van der Waals surface area contributed by atoms with Crippen molar-refractivity contribution in [3.8, 4) is 5.75 Å². The number of carbonyl (C=O) groups is 1. The summed E-state index contributed by atoms with van der Waals surface area (Å²) in [6.07, 6.45) is -4.45. The van der Waals surface area contributed by atoms with Gasteiger partial charge in [-0.05, 0) is 46.0 Å². The molecule has 0 bridgehead atoms. The summed E-state index contributed by atoms with van der Waals surface area (Å²) in [5.41, 5.74) is 1.79. The maximum absolute atomic E-state index is 12.7. The number of ether oxygens (including phenoxy) is 1. The summed E-state index contributed by atoms with van der Waals surface area (Å²) in [5, 5.41) is 3.49. The Bertz CT molecular complexity index is 667. The molecule has 0 saturated carbocycles. The third-order valence-electron chi connectivity index (χ3n) is 3.59. The summed E-state index contributed by atoms with van der Waals surface area (Å²) < 4.78 is 43.6. The van der Waals surface area contributed by atoms with Crippen LogP contribution in [0.3, 0.4) is 0 Å². The van der Waals surface area contributed by atoms with Gasteiger partial charge in [0.1, 0.15) is 12.3 Å². The minimum absolute atomic E-state index is 0.0858. The second-order valence-corrected chi connectivity index (χ2v) is 6.79. The molecular formula is C18H20F3NO2S. The molecule has 1 aromatic carbocycles. The largest absolute Gasteiger partial charge is 0.484 e. The highest BCUT2D eigenvalue weighted by Gasteiger charge is 2.33. The van der Waals surface area contributed by atoms with Gasteiger partial charge < -0.3 is 9.64 Å². The summed E-state index contributed by atoms with van der Waals surface area (Å²) in [6.45, 7) is 2.30. The number of rotatable bonds is 7. The Morgan fingerprint density at radius 2 is 1.88 bits per heavy atom. The molecule has 0 N–H and O–H groups in total. The van der Waals surface area contributed by atoms with Gasteiger partial charge in [-0.2, -0.15) is 24.5 Å². The lowest BCUT2D eigenvalue weighted by Crippen LogP contribution is -2.40. The standard InChI is InChI=1S/C18H20F3NO2S/c1-13(2)15-3-5-16(6-4-15)24-10-17(23)22(12-18(19,20)21)9-14-7-8-25-11-14/h3-8,11,13H,9-10,12H2,1-2H3.